The van der Waals surface area contributed by atoms with Crippen LogP contribution in [0.4, 0.5) is 4.39 Å². The Kier molecular flexibility index (Phi) is 4.48. The van der Waals surface area contributed by atoms with E-state index in [9.17, 15) is 9.18 Å². The zero-order valence-electron chi connectivity index (χ0n) is 12.4. The van der Waals surface area contributed by atoms with Crippen molar-refractivity contribution >= 4 is 17.7 Å². The molecule has 22 heavy (non-hydrogen) atoms. The summed E-state index contributed by atoms with van der Waals surface area (Å²) in [5, 5.41) is -0.0716. The molecule has 0 saturated carbocycles. The first kappa shape index (κ1) is 15.1. The smallest absolute Gasteiger partial charge is 0.236 e. The first-order chi connectivity index (χ1) is 10.6. The Bertz CT molecular complexity index is 644. The highest BCUT2D eigenvalue weighted by Gasteiger charge is 2.37. The van der Waals surface area contributed by atoms with Gasteiger partial charge in [-0.2, -0.15) is 0 Å². The molecule has 1 heterocycles. The largest absolute Gasteiger partial charge is 0.325 e. The van der Waals surface area contributed by atoms with E-state index in [1.165, 1.54) is 17.7 Å². The van der Waals surface area contributed by atoms with Crippen molar-refractivity contribution in [3.8, 4) is 0 Å². The van der Waals surface area contributed by atoms with E-state index in [2.05, 4.69) is 12.1 Å². The minimum Gasteiger partial charge on any atom is -0.325 e. The fourth-order valence-electron chi connectivity index (χ4n) is 2.68. The molecule has 0 radical (unpaired) electrons. The van der Waals surface area contributed by atoms with Crippen molar-refractivity contribution in [2.75, 3.05) is 6.54 Å². The molecule has 114 valence electrons. The highest BCUT2D eigenvalue weighted by molar-refractivity contribution is 8.01. The number of thioether (sulfide) groups is 1. The molecule has 3 rings (SSSR count). The Hall–Kier alpha value is -1.81. The standard InChI is InChI=1S/C18H18FNOS/c1-13-17(21)20(12-11-14-5-3-2-4-6-14)18(22-13)15-7-9-16(19)10-8-15/h2-10,13,18H,11-12H2,1H3. The summed E-state index contributed by atoms with van der Waals surface area (Å²) in [5.41, 5.74) is 2.20. The SMILES string of the molecule is CC1SC(c2ccc(F)cc2)N(CCc2ccccc2)C1=O. The van der Waals surface area contributed by atoms with Crippen LogP contribution in [0.5, 0.6) is 0 Å². The number of carbonyl (C=O) groups excluding carboxylic acids is 1. The van der Waals surface area contributed by atoms with Crippen LogP contribution in [-0.2, 0) is 11.2 Å². The molecule has 2 aromatic rings. The number of benzene rings is 2. The van der Waals surface area contributed by atoms with Crippen molar-refractivity contribution in [2.24, 2.45) is 0 Å². The molecule has 0 aliphatic carbocycles. The second-order valence-electron chi connectivity index (χ2n) is 5.45. The van der Waals surface area contributed by atoms with Gasteiger partial charge in [-0.1, -0.05) is 42.5 Å². The highest BCUT2D eigenvalue weighted by Crippen LogP contribution is 2.42. The van der Waals surface area contributed by atoms with Gasteiger partial charge in [0, 0.05) is 6.54 Å². The molecule has 2 nitrogen and oxygen atoms in total. The Morgan fingerprint density at radius 1 is 1.09 bits per heavy atom. The van der Waals surface area contributed by atoms with Gasteiger partial charge in [0.25, 0.3) is 0 Å². The number of amides is 1. The minimum atomic E-state index is -0.248. The van der Waals surface area contributed by atoms with Crippen molar-refractivity contribution in [1.29, 1.82) is 0 Å². The van der Waals surface area contributed by atoms with Gasteiger partial charge in [0.1, 0.15) is 11.2 Å². The topological polar surface area (TPSA) is 20.3 Å². The maximum atomic E-state index is 13.1. The fourth-order valence-corrected chi connectivity index (χ4v) is 3.99. The van der Waals surface area contributed by atoms with Crippen LogP contribution in [0.15, 0.2) is 54.6 Å². The molecule has 2 unspecified atom stereocenters. The van der Waals surface area contributed by atoms with Crippen LogP contribution in [0, 0.1) is 5.82 Å². The summed E-state index contributed by atoms with van der Waals surface area (Å²) in [4.78, 5) is 14.3. The number of halogens is 1. The lowest BCUT2D eigenvalue weighted by atomic mass is 10.1. The van der Waals surface area contributed by atoms with Crippen molar-refractivity contribution in [3.05, 3.63) is 71.5 Å². The van der Waals surface area contributed by atoms with E-state index in [1.807, 2.05) is 30.0 Å². The van der Waals surface area contributed by atoms with Crippen molar-refractivity contribution in [2.45, 2.75) is 24.0 Å². The lowest BCUT2D eigenvalue weighted by Gasteiger charge is -2.24. The van der Waals surface area contributed by atoms with Crippen molar-refractivity contribution in [1.82, 2.24) is 4.90 Å². The number of carbonyl (C=O) groups is 1. The summed E-state index contributed by atoms with van der Waals surface area (Å²) in [7, 11) is 0. The third kappa shape index (κ3) is 3.17. The molecular formula is C18H18FNOS. The predicted octanol–water partition coefficient (Wildman–Crippen LogP) is 4.03. The molecule has 0 aromatic heterocycles. The van der Waals surface area contributed by atoms with E-state index in [0.717, 1.165) is 12.0 Å². The Morgan fingerprint density at radius 3 is 2.45 bits per heavy atom. The molecule has 0 bridgehead atoms. The second kappa shape index (κ2) is 6.53. The zero-order valence-corrected chi connectivity index (χ0v) is 13.2. The normalized spacial score (nSPS) is 21.4. The monoisotopic (exact) mass is 315 g/mol. The van der Waals surface area contributed by atoms with Gasteiger partial charge in [-0.25, -0.2) is 4.39 Å². The molecule has 1 amide bonds. The third-order valence-corrected chi connectivity index (χ3v) is 5.28. The number of rotatable bonds is 4. The average Bonchev–Trinajstić information content (AvgIpc) is 2.82. The summed E-state index contributed by atoms with van der Waals surface area (Å²) in [6, 6.07) is 16.6. The van der Waals surface area contributed by atoms with E-state index in [4.69, 9.17) is 0 Å². The van der Waals surface area contributed by atoms with Crippen LogP contribution >= 0.6 is 11.8 Å². The van der Waals surface area contributed by atoms with Crippen molar-refractivity contribution in [3.63, 3.8) is 0 Å². The Morgan fingerprint density at radius 2 is 1.77 bits per heavy atom. The van der Waals surface area contributed by atoms with Crippen LogP contribution in [0.3, 0.4) is 0 Å². The number of hydrogen-bond donors (Lipinski definition) is 0. The molecule has 4 heteroatoms. The van der Waals surface area contributed by atoms with Crippen molar-refractivity contribution < 1.29 is 9.18 Å². The number of hydrogen-bond acceptors (Lipinski definition) is 2. The maximum Gasteiger partial charge on any atom is 0.236 e. The van der Waals surface area contributed by atoms with Gasteiger partial charge in [-0.15, -0.1) is 11.8 Å². The van der Waals surface area contributed by atoms with Crippen LogP contribution in [0.25, 0.3) is 0 Å². The van der Waals surface area contributed by atoms with E-state index in [-0.39, 0.29) is 22.3 Å². The van der Waals surface area contributed by atoms with E-state index >= 15 is 0 Å². The molecule has 2 atom stereocenters. The van der Waals surface area contributed by atoms with Gasteiger partial charge < -0.3 is 4.90 Å². The van der Waals surface area contributed by atoms with E-state index < -0.39 is 0 Å². The second-order valence-corrected chi connectivity index (χ2v) is 6.88. The van der Waals surface area contributed by atoms with Gasteiger partial charge >= 0.3 is 0 Å². The van der Waals surface area contributed by atoms with E-state index in [1.54, 1.807) is 23.9 Å². The van der Waals surface area contributed by atoms with Gasteiger partial charge in [-0.3, -0.25) is 4.79 Å². The fraction of sp³-hybridized carbons (Fsp3) is 0.278. The van der Waals surface area contributed by atoms with Gasteiger partial charge in [-0.05, 0) is 36.6 Å². The molecule has 1 saturated heterocycles. The summed E-state index contributed by atoms with van der Waals surface area (Å²) >= 11 is 1.63. The quantitative estimate of drug-likeness (QED) is 0.849. The molecule has 1 aliphatic rings. The average molecular weight is 315 g/mol. The first-order valence-electron chi connectivity index (χ1n) is 7.40. The zero-order chi connectivity index (χ0) is 15.5. The molecule has 1 aliphatic heterocycles. The summed E-state index contributed by atoms with van der Waals surface area (Å²) < 4.78 is 13.1. The van der Waals surface area contributed by atoms with Gasteiger partial charge in [0.05, 0.1) is 5.25 Å². The molecule has 0 spiro atoms. The lowest BCUT2D eigenvalue weighted by molar-refractivity contribution is -0.129. The van der Waals surface area contributed by atoms with Crippen LogP contribution < -0.4 is 0 Å². The predicted molar refractivity (Wildman–Crippen MR) is 88.1 cm³/mol. The van der Waals surface area contributed by atoms with Crippen LogP contribution in [-0.4, -0.2) is 22.6 Å². The number of nitrogens with zero attached hydrogens (tertiary/aromatic N) is 1. The van der Waals surface area contributed by atoms with Gasteiger partial charge in [0.2, 0.25) is 5.91 Å². The van der Waals surface area contributed by atoms with Gasteiger partial charge in [0.15, 0.2) is 0 Å². The third-order valence-electron chi connectivity index (χ3n) is 3.89. The maximum absolute atomic E-state index is 13.1. The van der Waals surface area contributed by atoms with E-state index in [0.29, 0.717) is 6.54 Å². The Balaban J connectivity index is 1.76. The summed E-state index contributed by atoms with van der Waals surface area (Å²) in [6.45, 7) is 2.62. The lowest BCUT2D eigenvalue weighted by Crippen LogP contribution is -2.32. The molecule has 0 N–H and O–H groups in total. The summed E-state index contributed by atoms with van der Waals surface area (Å²) in [5.74, 6) is -0.0859. The molecule has 2 aromatic carbocycles. The molecular weight excluding hydrogens is 297 g/mol. The first-order valence-corrected chi connectivity index (χ1v) is 8.35. The highest BCUT2D eigenvalue weighted by atomic mass is 32.2. The Labute approximate surface area is 134 Å². The minimum absolute atomic E-state index is 0.0215. The van der Waals surface area contributed by atoms with Crippen LogP contribution in [0.1, 0.15) is 23.4 Å². The van der Waals surface area contributed by atoms with Crippen LogP contribution in [0.2, 0.25) is 0 Å². The summed E-state index contributed by atoms with van der Waals surface area (Å²) in [6.07, 6.45) is 0.831. The molecule has 1 fully saturated rings.